The molecule has 148 valence electrons. The summed E-state index contributed by atoms with van der Waals surface area (Å²) in [4.78, 5) is 26.1. The predicted molar refractivity (Wildman–Crippen MR) is 105 cm³/mol. The summed E-state index contributed by atoms with van der Waals surface area (Å²) in [5.74, 6) is 1.22. The average molecular weight is 401 g/mol. The molecule has 0 saturated heterocycles. The maximum atomic E-state index is 12.3. The fourth-order valence-corrected chi connectivity index (χ4v) is 4.55. The Hall–Kier alpha value is -2.54. The molecule has 0 spiro atoms. The van der Waals surface area contributed by atoms with E-state index in [0.717, 1.165) is 19.3 Å². The van der Waals surface area contributed by atoms with Crippen molar-refractivity contribution in [1.29, 1.82) is 0 Å². The van der Waals surface area contributed by atoms with Gasteiger partial charge in [0.1, 0.15) is 17.6 Å². The molecule has 2 aromatic rings. The summed E-state index contributed by atoms with van der Waals surface area (Å²) in [7, 11) is 0. The molecule has 1 aromatic heterocycles. The molecule has 1 aliphatic heterocycles. The average Bonchev–Trinajstić information content (AvgIpc) is 3.13. The number of hydrogen-bond acceptors (Lipinski definition) is 6. The summed E-state index contributed by atoms with van der Waals surface area (Å²) >= 11 is 1.48. The zero-order chi connectivity index (χ0) is 19.5. The number of hydrogen-bond donors (Lipinski definition) is 1. The SMILES string of the molecule is C[C@@H]1CCc2sc(C(=O)OCC(=O)NC[C@@H]3COc4ccccc4O3)cc2C1. The highest BCUT2D eigenvalue weighted by molar-refractivity contribution is 7.14. The first-order valence-corrected chi connectivity index (χ1v) is 10.3. The Morgan fingerprint density at radius 1 is 1.29 bits per heavy atom. The predicted octanol–water partition coefficient (Wildman–Crippen LogP) is 2.99. The minimum atomic E-state index is -0.437. The van der Waals surface area contributed by atoms with Crippen LogP contribution in [0.1, 0.15) is 33.5 Å². The number of nitrogens with one attached hydrogen (secondary N) is 1. The van der Waals surface area contributed by atoms with E-state index in [2.05, 4.69) is 12.2 Å². The van der Waals surface area contributed by atoms with Crippen LogP contribution >= 0.6 is 11.3 Å². The van der Waals surface area contributed by atoms with E-state index in [1.54, 1.807) is 0 Å². The van der Waals surface area contributed by atoms with Crippen molar-refractivity contribution in [3.8, 4) is 11.5 Å². The van der Waals surface area contributed by atoms with Gasteiger partial charge in [0.25, 0.3) is 5.91 Å². The molecule has 0 unspecified atom stereocenters. The largest absolute Gasteiger partial charge is 0.486 e. The third-order valence-electron chi connectivity index (χ3n) is 4.96. The lowest BCUT2D eigenvalue weighted by Crippen LogP contribution is -2.42. The second-order valence-electron chi connectivity index (χ2n) is 7.28. The molecule has 0 saturated carbocycles. The van der Waals surface area contributed by atoms with Gasteiger partial charge in [-0.1, -0.05) is 19.1 Å². The number of esters is 1. The van der Waals surface area contributed by atoms with Gasteiger partial charge in [-0.2, -0.15) is 0 Å². The molecule has 1 amide bonds. The van der Waals surface area contributed by atoms with Crippen LogP contribution in [0.15, 0.2) is 30.3 Å². The van der Waals surface area contributed by atoms with Crippen LogP contribution in [-0.4, -0.2) is 37.7 Å². The maximum Gasteiger partial charge on any atom is 0.348 e. The first-order valence-electron chi connectivity index (χ1n) is 9.52. The smallest absolute Gasteiger partial charge is 0.348 e. The molecule has 7 heteroatoms. The third kappa shape index (κ3) is 4.30. The van der Waals surface area contributed by atoms with Gasteiger partial charge < -0.3 is 19.5 Å². The van der Waals surface area contributed by atoms with Gasteiger partial charge in [-0.05, 0) is 48.9 Å². The second-order valence-corrected chi connectivity index (χ2v) is 8.42. The number of para-hydroxylation sites is 2. The lowest BCUT2D eigenvalue weighted by atomic mass is 9.90. The van der Waals surface area contributed by atoms with Gasteiger partial charge in [-0.15, -0.1) is 11.3 Å². The Labute approximate surface area is 167 Å². The number of carbonyl (C=O) groups is 2. The number of thiophene rings is 1. The third-order valence-corrected chi connectivity index (χ3v) is 6.18. The fourth-order valence-electron chi connectivity index (χ4n) is 3.45. The Morgan fingerprint density at radius 3 is 2.96 bits per heavy atom. The zero-order valence-corrected chi connectivity index (χ0v) is 16.6. The van der Waals surface area contributed by atoms with Gasteiger partial charge in [-0.3, -0.25) is 4.79 Å². The monoisotopic (exact) mass is 401 g/mol. The van der Waals surface area contributed by atoms with Crippen LogP contribution in [0.5, 0.6) is 11.5 Å². The van der Waals surface area contributed by atoms with E-state index in [9.17, 15) is 9.59 Å². The molecule has 28 heavy (non-hydrogen) atoms. The van der Waals surface area contributed by atoms with E-state index in [1.807, 2.05) is 30.3 Å². The van der Waals surface area contributed by atoms with Crippen molar-refractivity contribution in [2.24, 2.45) is 5.92 Å². The van der Waals surface area contributed by atoms with Crippen LogP contribution in [0.25, 0.3) is 0 Å². The number of ether oxygens (including phenoxy) is 3. The number of rotatable bonds is 5. The molecule has 0 radical (unpaired) electrons. The number of fused-ring (bicyclic) bond motifs is 2. The Balaban J connectivity index is 1.22. The number of aryl methyl sites for hydroxylation is 1. The highest BCUT2D eigenvalue weighted by Gasteiger charge is 2.23. The molecule has 1 N–H and O–H groups in total. The molecule has 2 atom stereocenters. The Morgan fingerprint density at radius 2 is 2.11 bits per heavy atom. The molecule has 1 aromatic carbocycles. The number of benzene rings is 1. The van der Waals surface area contributed by atoms with E-state index in [1.165, 1.54) is 21.8 Å². The Kier molecular flexibility index (Phi) is 5.52. The standard InChI is InChI=1S/C21H23NO5S/c1-13-6-7-18-14(8-13)9-19(28-18)21(24)26-12-20(23)22-10-15-11-25-16-4-2-3-5-17(16)27-15/h2-5,9,13,15H,6-8,10-12H2,1H3,(H,22,23)/t13-,15-/m1/s1. The van der Waals surface area contributed by atoms with Gasteiger partial charge in [-0.25, -0.2) is 4.79 Å². The van der Waals surface area contributed by atoms with Crippen molar-refractivity contribution >= 4 is 23.2 Å². The van der Waals surface area contributed by atoms with Crippen molar-refractivity contribution in [2.45, 2.75) is 32.3 Å². The first kappa shape index (κ1) is 18.8. The van der Waals surface area contributed by atoms with Crippen molar-refractivity contribution < 1.29 is 23.8 Å². The van der Waals surface area contributed by atoms with Crippen LogP contribution in [0.4, 0.5) is 0 Å². The van der Waals surface area contributed by atoms with Crippen molar-refractivity contribution in [2.75, 3.05) is 19.8 Å². The van der Waals surface area contributed by atoms with Crippen LogP contribution in [0.3, 0.4) is 0 Å². The molecular formula is C21H23NO5S. The fraction of sp³-hybridized carbons (Fsp3) is 0.429. The van der Waals surface area contributed by atoms with Gasteiger partial charge in [0.05, 0.1) is 6.54 Å². The summed E-state index contributed by atoms with van der Waals surface area (Å²) < 4.78 is 16.6. The minimum Gasteiger partial charge on any atom is -0.486 e. The van der Waals surface area contributed by atoms with Crippen LogP contribution in [0.2, 0.25) is 0 Å². The summed E-state index contributed by atoms with van der Waals surface area (Å²) in [5, 5.41) is 2.73. The molecule has 6 nitrogen and oxygen atoms in total. The van der Waals surface area contributed by atoms with E-state index in [4.69, 9.17) is 14.2 Å². The van der Waals surface area contributed by atoms with E-state index < -0.39 is 5.97 Å². The van der Waals surface area contributed by atoms with Crippen LogP contribution < -0.4 is 14.8 Å². The number of amides is 1. The maximum absolute atomic E-state index is 12.3. The van der Waals surface area contributed by atoms with Crippen LogP contribution in [0, 0.1) is 5.92 Å². The second kappa shape index (κ2) is 8.22. The first-order chi connectivity index (χ1) is 13.6. The van der Waals surface area contributed by atoms with Crippen LogP contribution in [-0.2, 0) is 22.4 Å². The lowest BCUT2D eigenvalue weighted by molar-refractivity contribution is -0.124. The van der Waals surface area contributed by atoms with E-state index >= 15 is 0 Å². The molecule has 0 bridgehead atoms. The highest BCUT2D eigenvalue weighted by Crippen LogP contribution is 2.32. The summed E-state index contributed by atoms with van der Waals surface area (Å²) in [6.07, 6.45) is 2.90. The van der Waals surface area contributed by atoms with E-state index in [-0.39, 0.29) is 25.2 Å². The summed E-state index contributed by atoms with van der Waals surface area (Å²) in [6.45, 7) is 2.57. The molecule has 2 heterocycles. The normalized spacial score (nSPS) is 20.2. The molecule has 1 aliphatic carbocycles. The van der Waals surface area contributed by atoms with Gasteiger partial charge in [0.2, 0.25) is 0 Å². The van der Waals surface area contributed by atoms with Crippen molar-refractivity contribution in [3.63, 3.8) is 0 Å². The van der Waals surface area contributed by atoms with Gasteiger partial charge >= 0.3 is 5.97 Å². The minimum absolute atomic E-state index is 0.277. The Bertz CT molecular complexity index is 877. The molecule has 4 rings (SSSR count). The zero-order valence-electron chi connectivity index (χ0n) is 15.7. The molecule has 0 fully saturated rings. The highest BCUT2D eigenvalue weighted by atomic mass is 32.1. The van der Waals surface area contributed by atoms with Crippen molar-refractivity contribution in [1.82, 2.24) is 5.32 Å². The van der Waals surface area contributed by atoms with Gasteiger partial charge in [0, 0.05) is 4.88 Å². The van der Waals surface area contributed by atoms with Crippen molar-refractivity contribution in [3.05, 3.63) is 45.6 Å². The topological polar surface area (TPSA) is 73.9 Å². The quantitative estimate of drug-likeness (QED) is 0.780. The van der Waals surface area contributed by atoms with E-state index in [0.29, 0.717) is 28.9 Å². The summed E-state index contributed by atoms with van der Waals surface area (Å²) in [5.41, 5.74) is 1.25. The summed E-state index contributed by atoms with van der Waals surface area (Å²) in [6, 6.07) is 9.33. The number of carbonyl (C=O) groups excluding carboxylic acids is 2. The lowest BCUT2D eigenvalue weighted by Gasteiger charge is -2.26. The van der Waals surface area contributed by atoms with Gasteiger partial charge in [0.15, 0.2) is 18.1 Å². The molecular weight excluding hydrogens is 378 g/mol. The molecule has 2 aliphatic rings.